The summed E-state index contributed by atoms with van der Waals surface area (Å²) < 4.78 is 5.02. The van der Waals surface area contributed by atoms with Gasteiger partial charge in [-0.25, -0.2) is 9.97 Å². The number of benzene rings is 1. The molecule has 22 heavy (non-hydrogen) atoms. The molecule has 0 radical (unpaired) electrons. The number of anilines is 1. The number of hydrogen-bond donors (Lipinski definition) is 2. The van der Waals surface area contributed by atoms with Gasteiger partial charge in [-0.3, -0.25) is 4.79 Å². The Morgan fingerprint density at radius 2 is 2.18 bits per heavy atom. The van der Waals surface area contributed by atoms with Crippen molar-refractivity contribution < 1.29 is 9.53 Å². The summed E-state index contributed by atoms with van der Waals surface area (Å²) >= 11 is 1.35. The third-order valence-corrected chi connectivity index (χ3v) is 3.82. The van der Waals surface area contributed by atoms with Crippen molar-refractivity contribution in [3.63, 3.8) is 0 Å². The quantitative estimate of drug-likeness (QED) is 0.708. The van der Waals surface area contributed by atoms with E-state index in [4.69, 9.17) is 4.74 Å². The van der Waals surface area contributed by atoms with Gasteiger partial charge in [0.15, 0.2) is 5.16 Å². The zero-order valence-corrected chi connectivity index (χ0v) is 12.7. The molecule has 0 unspecified atom stereocenters. The number of para-hydroxylation sites is 2. The molecule has 1 aromatic carbocycles. The van der Waals surface area contributed by atoms with Gasteiger partial charge in [-0.15, -0.1) is 0 Å². The van der Waals surface area contributed by atoms with Crippen molar-refractivity contribution in [3.05, 3.63) is 42.6 Å². The van der Waals surface area contributed by atoms with Gasteiger partial charge in [0.25, 0.3) is 0 Å². The summed E-state index contributed by atoms with van der Waals surface area (Å²) in [4.78, 5) is 23.6. The molecule has 0 atom stereocenters. The number of carbonyl (C=O) groups excluding carboxylic acids is 1. The molecule has 7 heteroatoms. The molecule has 3 rings (SSSR count). The van der Waals surface area contributed by atoms with Gasteiger partial charge < -0.3 is 15.0 Å². The zero-order chi connectivity index (χ0) is 15.4. The van der Waals surface area contributed by atoms with Crippen LogP contribution in [0.25, 0.3) is 11.0 Å². The molecule has 0 bridgehead atoms. The van der Waals surface area contributed by atoms with E-state index in [9.17, 15) is 4.79 Å². The second-order valence-electron chi connectivity index (χ2n) is 4.48. The SMILES string of the molecule is COc1ccc(NC(=O)CSc2nc3ccccc3[nH]2)nc1. The fourth-order valence-electron chi connectivity index (χ4n) is 1.89. The second-order valence-corrected chi connectivity index (χ2v) is 5.44. The Bertz CT molecular complexity index is 753. The predicted octanol–water partition coefficient (Wildman–Crippen LogP) is 2.70. The molecule has 0 saturated heterocycles. The smallest absolute Gasteiger partial charge is 0.236 e. The Balaban J connectivity index is 1.57. The van der Waals surface area contributed by atoms with Crippen LogP contribution < -0.4 is 10.1 Å². The summed E-state index contributed by atoms with van der Waals surface area (Å²) in [5, 5.41) is 3.45. The molecule has 2 aromatic heterocycles. The maximum Gasteiger partial charge on any atom is 0.236 e. The van der Waals surface area contributed by atoms with Crippen molar-refractivity contribution >= 4 is 34.5 Å². The number of thioether (sulfide) groups is 1. The number of amides is 1. The highest BCUT2D eigenvalue weighted by Gasteiger charge is 2.08. The Hall–Kier alpha value is -2.54. The Morgan fingerprint density at radius 3 is 2.91 bits per heavy atom. The van der Waals surface area contributed by atoms with E-state index in [1.165, 1.54) is 11.8 Å². The van der Waals surface area contributed by atoms with Gasteiger partial charge >= 0.3 is 0 Å². The fraction of sp³-hybridized carbons (Fsp3) is 0.133. The Labute approximate surface area is 131 Å². The van der Waals surface area contributed by atoms with Crippen LogP contribution in [0.5, 0.6) is 5.75 Å². The van der Waals surface area contributed by atoms with Crippen LogP contribution in [0.3, 0.4) is 0 Å². The van der Waals surface area contributed by atoms with E-state index in [1.54, 1.807) is 25.4 Å². The first kappa shape index (κ1) is 14.4. The number of pyridine rings is 1. The minimum atomic E-state index is -0.136. The summed E-state index contributed by atoms with van der Waals surface area (Å²) in [6.45, 7) is 0. The van der Waals surface area contributed by atoms with Crippen molar-refractivity contribution in [1.82, 2.24) is 15.0 Å². The van der Waals surface area contributed by atoms with Crippen LogP contribution in [-0.4, -0.2) is 33.7 Å². The largest absolute Gasteiger partial charge is 0.495 e. The van der Waals surface area contributed by atoms with Crippen LogP contribution in [0.1, 0.15) is 0 Å². The zero-order valence-electron chi connectivity index (χ0n) is 11.9. The number of rotatable bonds is 5. The number of methoxy groups -OCH3 is 1. The lowest BCUT2D eigenvalue weighted by molar-refractivity contribution is -0.113. The van der Waals surface area contributed by atoms with Crippen molar-refractivity contribution in [2.24, 2.45) is 0 Å². The highest BCUT2D eigenvalue weighted by atomic mass is 32.2. The average molecular weight is 314 g/mol. The number of fused-ring (bicyclic) bond motifs is 1. The van der Waals surface area contributed by atoms with Crippen molar-refractivity contribution in [2.75, 3.05) is 18.2 Å². The molecular formula is C15H14N4O2S. The van der Waals surface area contributed by atoms with Gasteiger partial charge in [0.2, 0.25) is 5.91 Å². The number of ether oxygens (including phenoxy) is 1. The third-order valence-electron chi connectivity index (χ3n) is 2.95. The van der Waals surface area contributed by atoms with Crippen molar-refractivity contribution in [1.29, 1.82) is 0 Å². The number of carbonyl (C=O) groups is 1. The van der Waals surface area contributed by atoms with Gasteiger partial charge in [0.1, 0.15) is 11.6 Å². The van der Waals surface area contributed by atoms with Crippen LogP contribution in [0.15, 0.2) is 47.8 Å². The predicted molar refractivity (Wildman–Crippen MR) is 86.2 cm³/mol. The number of hydrogen-bond acceptors (Lipinski definition) is 5. The molecular weight excluding hydrogens is 300 g/mol. The fourth-order valence-corrected chi connectivity index (χ4v) is 2.57. The molecule has 0 saturated carbocycles. The van der Waals surface area contributed by atoms with E-state index in [0.29, 0.717) is 11.6 Å². The van der Waals surface area contributed by atoms with Gasteiger partial charge in [-0.2, -0.15) is 0 Å². The molecule has 3 aromatic rings. The summed E-state index contributed by atoms with van der Waals surface area (Å²) in [5.41, 5.74) is 1.85. The Morgan fingerprint density at radius 1 is 1.32 bits per heavy atom. The first-order valence-electron chi connectivity index (χ1n) is 6.62. The maximum absolute atomic E-state index is 11.9. The van der Waals surface area contributed by atoms with E-state index < -0.39 is 0 Å². The molecule has 0 spiro atoms. The normalized spacial score (nSPS) is 10.6. The number of aromatic amines is 1. The minimum absolute atomic E-state index is 0.136. The summed E-state index contributed by atoms with van der Waals surface area (Å²) in [7, 11) is 1.57. The van der Waals surface area contributed by atoms with Gasteiger partial charge in [-0.05, 0) is 24.3 Å². The van der Waals surface area contributed by atoms with Crippen LogP contribution >= 0.6 is 11.8 Å². The van der Waals surface area contributed by atoms with Crippen LogP contribution in [0.2, 0.25) is 0 Å². The molecule has 0 aliphatic heterocycles. The molecule has 0 fully saturated rings. The lowest BCUT2D eigenvalue weighted by Crippen LogP contribution is -2.15. The van der Waals surface area contributed by atoms with Crippen molar-refractivity contribution in [2.45, 2.75) is 5.16 Å². The number of nitrogens with zero attached hydrogens (tertiary/aromatic N) is 2. The van der Waals surface area contributed by atoms with Gasteiger partial charge in [0, 0.05) is 0 Å². The molecule has 6 nitrogen and oxygen atoms in total. The molecule has 112 valence electrons. The summed E-state index contributed by atoms with van der Waals surface area (Å²) in [6.07, 6.45) is 1.56. The van der Waals surface area contributed by atoms with Crippen LogP contribution in [-0.2, 0) is 4.79 Å². The van der Waals surface area contributed by atoms with E-state index in [2.05, 4.69) is 20.3 Å². The summed E-state index contributed by atoms with van der Waals surface area (Å²) in [5.74, 6) is 1.27. The topological polar surface area (TPSA) is 79.9 Å². The molecule has 0 aliphatic carbocycles. The van der Waals surface area contributed by atoms with Gasteiger partial charge in [0.05, 0.1) is 30.1 Å². The van der Waals surface area contributed by atoms with E-state index in [-0.39, 0.29) is 11.7 Å². The molecule has 0 aliphatic rings. The lowest BCUT2D eigenvalue weighted by atomic mass is 10.3. The average Bonchev–Trinajstić information content (AvgIpc) is 2.96. The number of nitrogens with one attached hydrogen (secondary N) is 2. The highest BCUT2D eigenvalue weighted by Crippen LogP contribution is 2.19. The second kappa shape index (κ2) is 6.48. The first-order chi connectivity index (χ1) is 10.7. The number of H-pyrrole nitrogens is 1. The maximum atomic E-state index is 11.9. The third kappa shape index (κ3) is 3.37. The summed E-state index contributed by atoms with van der Waals surface area (Å²) in [6, 6.07) is 11.2. The molecule has 2 heterocycles. The minimum Gasteiger partial charge on any atom is -0.495 e. The lowest BCUT2D eigenvalue weighted by Gasteiger charge is -2.04. The van der Waals surface area contributed by atoms with Crippen LogP contribution in [0.4, 0.5) is 5.82 Å². The van der Waals surface area contributed by atoms with E-state index in [0.717, 1.165) is 16.2 Å². The van der Waals surface area contributed by atoms with Crippen LogP contribution in [0, 0.1) is 0 Å². The highest BCUT2D eigenvalue weighted by molar-refractivity contribution is 7.99. The molecule has 2 N–H and O–H groups in total. The number of imidazole rings is 1. The van der Waals surface area contributed by atoms with Gasteiger partial charge in [-0.1, -0.05) is 23.9 Å². The van der Waals surface area contributed by atoms with E-state index >= 15 is 0 Å². The van der Waals surface area contributed by atoms with E-state index in [1.807, 2.05) is 24.3 Å². The first-order valence-corrected chi connectivity index (χ1v) is 7.60. The standard InChI is InChI=1S/C15H14N4O2S/c1-21-10-6-7-13(16-8-10)19-14(20)9-22-15-17-11-4-2-3-5-12(11)18-15/h2-8H,9H2,1H3,(H,17,18)(H,16,19,20). The number of aromatic nitrogens is 3. The monoisotopic (exact) mass is 314 g/mol. The van der Waals surface area contributed by atoms with Crippen molar-refractivity contribution in [3.8, 4) is 5.75 Å². The molecule has 1 amide bonds. The Kier molecular flexibility index (Phi) is 4.24.